The highest BCUT2D eigenvalue weighted by molar-refractivity contribution is 5.91. The van der Waals surface area contributed by atoms with Crippen molar-refractivity contribution in [2.24, 2.45) is 0 Å². The Morgan fingerprint density at radius 1 is 1.45 bits per heavy atom. The second-order valence-electron chi connectivity index (χ2n) is 5.87. The van der Waals surface area contributed by atoms with E-state index in [1.807, 2.05) is 17.7 Å². The zero-order valence-electron chi connectivity index (χ0n) is 13.1. The zero-order chi connectivity index (χ0) is 15.7. The van der Waals surface area contributed by atoms with Crippen molar-refractivity contribution in [1.29, 1.82) is 0 Å². The third kappa shape index (κ3) is 2.76. The van der Waals surface area contributed by atoms with Gasteiger partial charge in [0.2, 0.25) is 0 Å². The third-order valence-corrected chi connectivity index (χ3v) is 3.80. The molecule has 1 fully saturated rings. The Labute approximate surface area is 129 Å². The van der Waals surface area contributed by atoms with Crippen LogP contribution in [0.1, 0.15) is 26.8 Å². The van der Waals surface area contributed by atoms with Crippen LogP contribution in [0, 0.1) is 0 Å². The van der Waals surface area contributed by atoms with Crippen LogP contribution in [0.4, 0.5) is 10.5 Å². The molecule has 1 aliphatic heterocycles. The minimum Gasteiger partial charge on any atom is -0.377 e. The highest BCUT2D eigenvalue weighted by Crippen LogP contribution is 2.19. The molecule has 3 heterocycles. The molecular weight excluding hydrogens is 282 g/mol. The van der Waals surface area contributed by atoms with Gasteiger partial charge in [-0.2, -0.15) is 5.10 Å². The number of fused-ring (bicyclic) bond motifs is 1. The monoisotopic (exact) mass is 303 g/mol. The van der Waals surface area contributed by atoms with Crippen LogP contribution in [0.3, 0.4) is 0 Å². The Morgan fingerprint density at radius 3 is 3.00 bits per heavy atom. The van der Waals surface area contributed by atoms with E-state index in [1.54, 1.807) is 17.3 Å². The van der Waals surface area contributed by atoms with Crippen LogP contribution in [0.2, 0.25) is 0 Å². The number of aromatic nitrogens is 3. The van der Waals surface area contributed by atoms with Gasteiger partial charge in [0.05, 0.1) is 37.3 Å². The molecule has 0 radical (unpaired) electrons. The minimum atomic E-state index is -0.117. The van der Waals surface area contributed by atoms with Gasteiger partial charge >= 0.3 is 6.03 Å². The van der Waals surface area contributed by atoms with Crippen molar-refractivity contribution in [3.8, 4) is 0 Å². The first-order valence-electron chi connectivity index (χ1n) is 7.55. The quantitative estimate of drug-likeness (QED) is 0.923. The van der Waals surface area contributed by atoms with Crippen LogP contribution in [0.25, 0.3) is 11.0 Å². The van der Waals surface area contributed by atoms with E-state index in [1.165, 1.54) is 0 Å². The summed E-state index contributed by atoms with van der Waals surface area (Å²) in [7, 11) is 0. The van der Waals surface area contributed by atoms with Crippen LogP contribution in [0.5, 0.6) is 0 Å². The van der Waals surface area contributed by atoms with Gasteiger partial charge in [-0.1, -0.05) is 0 Å². The first-order chi connectivity index (χ1) is 10.6. The summed E-state index contributed by atoms with van der Waals surface area (Å²) in [4.78, 5) is 18.5. The maximum Gasteiger partial charge on any atom is 0.322 e. The number of amides is 2. The molecule has 2 amide bonds. The second kappa shape index (κ2) is 5.92. The SMILES string of the molecule is CC1COCCN1C(=O)Nc1cnc2c(cnn2C(C)C)c1. The number of hydrogen-bond donors (Lipinski definition) is 1. The van der Waals surface area contributed by atoms with Crippen molar-refractivity contribution in [3.63, 3.8) is 0 Å². The summed E-state index contributed by atoms with van der Waals surface area (Å²) in [5.41, 5.74) is 1.51. The fourth-order valence-electron chi connectivity index (χ4n) is 2.61. The lowest BCUT2D eigenvalue weighted by atomic mass is 10.2. The van der Waals surface area contributed by atoms with Crippen LogP contribution >= 0.6 is 0 Å². The van der Waals surface area contributed by atoms with Crippen molar-refractivity contribution in [2.45, 2.75) is 32.9 Å². The predicted molar refractivity (Wildman–Crippen MR) is 83.9 cm³/mol. The number of rotatable bonds is 2. The minimum absolute atomic E-state index is 0.0779. The smallest absolute Gasteiger partial charge is 0.322 e. The summed E-state index contributed by atoms with van der Waals surface area (Å²) in [6, 6.07) is 2.11. The Morgan fingerprint density at radius 2 is 2.27 bits per heavy atom. The van der Waals surface area contributed by atoms with E-state index in [-0.39, 0.29) is 18.1 Å². The van der Waals surface area contributed by atoms with Crippen LogP contribution < -0.4 is 5.32 Å². The molecular formula is C15H21N5O2. The van der Waals surface area contributed by atoms with E-state index in [0.29, 0.717) is 25.4 Å². The van der Waals surface area contributed by atoms with E-state index in [2.05, 4.69) is 29.2 Å². The number of pyridine rings is 1. The molecule has 2 aromatic heterocycles. The molecule has 118 valence electrons. The molecule has 22 heavy (non-hydrogen) atoms. The van der Waals surface area contributed by atoms with Crippen molar-refractivity contribution in [2.75, 3.05) is 25.1 Å². The fraction of sp³-hybridized carbons (Fsp3) is 0.533. The topological polar surface area (TPSA) is 72.3 Å². The standard InChI is InChI=1S/C15H21N5O2/c1-10(2)20-14-12(7-17-20)6-13(8-16-14)18-15(21)19-4-5-22-9-11(19)3/h6-8,10-11H,4-5,9H2,1-3H3,(H,18,21). The predicted octanol–water partition coefficient (Wildman–Crippen LogP) is 2.26. The maximum atomic E-state index is 12.3. The van der Waals surface area contributed by atoms with Gasteiger partial charge in [0.15, 0.2) is 5.65 Å². The summed E-state index contributed by atoms with van der Waals surface area (Å²) in [6.07, 6.45) is 3.45. The number of nitrogens with zero attached hydrogens (tertiary/aromatic N) is 4. The van der Waals surface area contributed by atoms with E-state index in [9.17, 15) is 4.79 Å². The second-order valence-corrected chi connectivity index (χ2v) is 5.87. The summed E-state index contributed by atoms with van der Waals surface area (Å²) >= 11 is 0. The fourth-order valence-corrected chi connectivity index (χ4v) is 2.61. The molecule has 1 atom stereocenters. The molecule has 0 bridgehead atoms. The van der Waals surface area contributed by atoms with Crippen LogP contribution in [-0.4, -0.2) is 51.5 Å². The number of nitrogens with one attached hydrogen (secondary N) is 1. The van der Waals surface area contributed by atoms with E-state index < -0.39 is 0 Å². The summed E-state index contributed by atoms with van der Waals surface area (Å²) in [5.74, 6) is 0. The van der Waals surface area contributed by atoms with Gasteiger partial charge in [-0.05, 0) is 26.8 Å². The normalized spacial score (nSPS) is 18.9. The molecule has 0 spiro atoms. The lowest BCUT2D eigenvalue weighted by molar-refractivity contribution is 0.0222. The Kier molecular flexibility index (Phi) is 3.98. The number of urea groups is 1. The number of morpholine rings is 1. The van der Waals surface area contributed by atoms with Gasteiger partial charge in [0.1, 0.15) is 0 Å². The highest BCUT2D eigenvalue weighted by atomic mass is 16.5. The van der Waals surface area contributed by atoms with Crippen molar-refractivity contribution in [3.05, 3.63) is 18.5 Å². The number of carbonyl (C=O) groups is 1. The highest BCUT2D eigenvalue weighted by Gasteiger charge is 2.23. The number of ether oxygens (including phenoxy) is 1. The molecule has 1 aliphatic rings. The molecule has 7 heteroatoms. The number of anilines is 1. The van der Waals surface area contributed by atoms with E-state index >= 15 is 0 Å². The maximum absolute atomic E-state index is 12.3. The first-order valence-corrected chi connectivity index (χ1v) is 7.55. The third-order valence-electron chi connectivity index (χ3n) is 3.80. The van der Waals surface area contributed by atoms with Crippen LogP contribution in [-0.2, 0) is 4.74 Å². The van der Waals surface area contributed by atoms with Gasteiger partial charge in [-0.3, -0.25) is 0 Å². The Balaban J connectivity index is 1.77. The molecule has 3 rings (SSSR count). The molecule has 0 aromatic carbocycles. The Bertz CT molecular complexity index is 682. The lowest BCUT2D eigenvalue weighted by Crippen LogP contribution is -2.48. The van der Waals surface area contributed by atoms with Gasteiger partial charge in [-0.25, -0.2) is 14.5 Å². The molecule has 0 aliphatic carbocycles. The number of hydrogen-bond acceptors (Lipinski definition) is 4. The summed E-state index contributed by atoms with van der Waals surface area (Å²) in [5, 5.41) is 8.15. The van der Waals surface area contributed by atoms with Crippen molar-refractivity contribution >= 4 is 22.8 Å². The van der Waals surface area contributed by atoms with Gasteiger partial charge < -0.3 is 15.0 Å². The zero-order valence-corrected chi connectivity index (χ0v) is 13.1. The number of carbonyl (C=O) groups excluding carboxylic acids is 1. The van der Waals surface area contributed by atoms with Crippen molar-refractivity contribution in [1.82, 2.24) is 19.7 Å². The Hall–Kier alpha value is -2.15. The lowest BCUT2D eigenvalue weighted by Gasteiger charge is -2.33. The van der Waals surface area contributed by atoms with Gasteiger partial charge in [0.25, 0.3) is 0 Å². The molecule has 1 unspecified atom stereocenters. The molecule has 0 saturated carbocycles. The van der Waals surface area contributed by atoms with Crippen LogP contribution in [0.15, 0.2) is 18.5 Å². The summed E-state index contributed by atoms with van der Waals surface area (Å²) in [6.45, 7) is 7.86. The molecule has 1 saturated heterocycles. The van der Waals surface area contributed by atoms with E-state index in [0.717, 1.165) is 11.0 Å². The largest absolute Gasteiger partial charge is 0.377 e. The summed E-state index contributed by atoms with van der Waals surface area (Å²) < 4.78 is 7.22. The molecule has 2 aromatic rings. The molecule has 7 nitrogen and oxygen atoms in total. The van der Waals surface area contributed by atoms with Gasteiger partial charge in [-0.15, -0.1) is 0 Å². The first kappa shape index (κ1) is 14.8. The van der Waals surface area contributed by atoms with E-state index in [4.69, 9.17) is 4.74 Å². The van der Waals surface area contributed by atoms with Crippen molar-refractivity contribution < 1.29 is 9.53 Å². The molecule has 1 N–H and O–H groups in total. The average molecular weight is 303 g/mol. The average Bonchev–Trinajstić information content (AvgIpc) is 2.91. The van der Waals surface area contributed by atoms with Gasteiger partial charge in [0, 0.05) is 18.0 Å².